The van der Waals surface area contributed by atoms with Crippen molar-refractivity contribution in [3.8, 4) is 0 Å². The van der Waals surface area contributed by atoms with Gasteiger partial charge in [-0.05, 0) is 0 Å². The SMILES string of the molecule is O.O.O.O.O.O.O.O.P.[Fe+2].[O-2]. The van der Waals surface area contributed by atoms with Gasteiger partial charge >= 0.3 is 17.1 Å². The Hall–Kier alpha value is 0.589. The Labute approximate surface area is 77.0 Å². The largest absolute Gasteiger partial charge is 2.00 e. The molecule has 0 saturated heterocycles. The van der Waals surface area contributed by atoms with E-state index in [0.29, 0.717) is 0 Å². The molecule has 0 saturated carbocycles. The second-order valence-electron chi connectivity index (χ2n) is 0. The average molecular weight is 250 g/mol. The van der Waals surface area contributed by atoms with Crippen LogP contribution in [-0.4, -0.2) is 43.8 Å². The molecule has 0 spiro atoms. The zero-order valence-corrected chi connectivity index (χ0v) is 7.99. The molecule has 0 radical (unpaired) electrons. The van der Waals surface area contributed by atoms with Gasteiger partial charge in [0.1, 0.15) is 0 Å². The molecule has 0 aliphatic heterocycles. The van der Waals surface area contributed by atoms with Crippen molar-refractivity contribution >= 4 is 9.90 Å². The van der Waals surface area contributed by atoms with Crippen molar-refractivity contribution in [3.63, 3.8) is 0 Å². The third kappa shape index (κ3) is 2250. The van der Waals surface area contributed by atoms with Crippen LogP contribution in [0.4, 0.5) is 0 Å². The fraction of sp³-hybridized carbons (Fsp3) is 0. The summed E-state index contributed by atoms with van der Waals surface area (Å²) in [6.07, 6.45) is 0. The molecule has 16 N–H and O–H groups in total. The smallest absolute Gasteiger partial charge is 2.00 e. The van der Waals surface area contributed by atoms with Crippen molar-refractivity contribution in [2.24, 2.45) is 0 Å². The van der Waals surface area contributed by atoms with Crippen molar-refractivity contribution in [1.29, 1.82) is 0 Å². The molecule has 0 aromatic heterocycles. The second-order valence-corrected chi connectivity index (χ2v) is 0. The van der Waals surface area contributed by atoms with Gasteiger partial charge in [-0.2, -0.15) is 9.90 Å². The maximum atomic E-state index is 0. The zero-order chi connectivity index (χ0) is 0. The molecule has 1 unspecified atom stereocenters. The van der Waals surface area contributed by atoms with Gasteiger partial charge in [-0.15, -0.1) is 0 Å². The Balaban J connectivity index is 0. The van der Waals surface area contributed by atoms with Gasteiger partial charge in [-0.1, -0.05) is 0 Å². The van der Waals surface area contributed by atoms with Crippen molar-refractivity contribution in [2.75, 3.05) is 0 Å². The molecule has 0 aliphatic carbocycles. The fourth-order valence-electron chi connectivity index (χ4n) is 0. The summed E-state index contributed by atoms with van der Waals surface area (Å²) in [5, 5.41) is 0. The van der Waals surface area contributed by atoms with Crippen LogP contribution in [0.5, 0.6) is 0 Å². The predicted octanol–water partition coefficient (Wildman–Crippen LogP) is -6.66. The summed E-state index contributed by atoms with van der Waals surface area (Å²) in [5.41, 5.74) is 0. The summed E-state index contributed by atoms with van der Waals surface area (Å²) >= 11 is 0. The summed E-state index contributed by atoms with van der Waals surface area (Å²) in [4.78, 5) is 0. The maximum Gasteiger partial charge on any atom is 2.00 e. The molecule has 9 nitrogen and oxygen atoms in total. The summed E-state index contributed by atoms with van der Waals surface area (Å²) < 4.78 is 0. The molecule has 0 fully saturated rings. The van der Waals surface area contributed by atoms with Gasteiger partial charge in [0.15, 0.2) is 0 Å². The second kappa shape index (κ2) is 2800. The van der Waals surface area contributed by atoms with Crippen LogP contribution in [0.15, 0.2) is 0 Å². The van der Waals surface area contributed by atoms with Crippen LogP contribution in [0.3, 0.4) is 0 Å². The van der Waals surface area contributed by atoms with E-state index in [1.807, 2.05) is 0 Å². The summed E-state index contributed by atoms with van der Waals surface area (Å²) in [6.45, 7) is 0. The summed E-state index contributed by atoms with van der Waals surface area (Å²) in [7, 11) is 0. The Kier molecular flexibility index (Phi) is 953000. The standard InChI is InChI=1S/Fe.8H2O.O.H3P/h;8*1H2;;1H3/q+2;;;;;;;;;-2;. The van der Waals surface area contributed by atoms with E-state index >= 15 is 0 Å². The van der Waals surface area contributed by atoms with Crippen LogP contribution in [0.1, 0.15) is 0 Å². The molecule has 86 valence electrons. The molecule has 0 aromatic carbocycles. The van der Waals surface area contributed by atoms with E-state index in [1.165, 1.54) is 0 Å². The fourth-order valence-corrected chi connectivity index (χ4v) is 0. The van der Waals surface area contributed by atoms with E-state index in [9.17, 15) is 0 Å². The van der Waals surface area contributed by atoms with Crippen LogP contribution in [-0.2, 0) is 22.5 Å². The number of hydrogen-bond acceptors (Lipinski definition) is 0. The van der Waals surface area contributed by atoms with Crippen LogP contribution < -0.4 is 0 Å². The van der Waals surface area contributed by atoms with Crippen molar-refractivity contribution in [1.82, 2.24) is 0 Å². The first-order valence-corrected chi connectivity index (χ1v) is 0. The summed E-state index contributed by atoms with van der Waals surface area (Å²) in [5.74, 6) is 0. The first-order valence-electron chi connectivity index (χ1n) is 0. The zero-order valence-electron chi connectivity index (χ0n) is 5.47. The normalized spacial score (nSPS) is 0. The van der Waals surface area contributed by atoms with E-state index < -0.39 is 0 Å². The van der Waals surface area contributed by atoms with E-state index in [1.54, 1.807) is 0 Å². The Bertz CT molecular complexity index is 9.52. The third-order valence-electron chi connectivity index (χ3n) is 0. The van der Waals surface area contributed by atoms with Gasteiger partial charge in [-0.3, -0.25) is 0 Å². The Morgan fingerprint density at radius 2 is 0.364 bits per heavy atom. The molecule has 0 aromatic rings. The number of hydrogen-bond donors (Lipinski definition) is 0. The maximum absolute atomic E-state index is 0. The van der Waals surface area contributed by atoms with Crippen LogP contribution >= 0.6 is 9.90 Å². The van der Waals surface area contributed by atoms with Gasteiger partial charge in [-0.25, -0.2) is 0 Å². The molecular formula is H19FeO9P. The van der Waals surface area contributed by atoms with Crippen LogP contribution in [0.2, 0.25) is 0 Å². The molecular weight excluding hydrogens is 231 g/mol. The first kappa shape index (κ1) is 3740. The molecule has 0 heterocycles. The van der Waals surface area contributed by atoms with Gasteiger partial charge < -0.3 is 49.3 Å². The Morgan fingerprint density at radius 1 is 0.364 bits per heavy atom. The van der Waals surface area contributed by atoms with Crippen molar-refractivity contribution < 1.29 is 66.4 Å². The third-order valence-corrected chi connectivity index (χ3v) is 0. The van der Waals surface area contributed by atoms with Crippen LogP contribution in [0.25, 0.3) is 0 Å². The van der Waals surface area contributed by atoms with Crippen molar-refractivity contribution in [2.45, 2.75) is 0 Å². The van der Waals surface area contributed by atoms with Gasteiger partial charge in [0.2, 0.25) is 0 Å². The number of rotatable bonds is 0. The monoisotopic (exact) mass is 250 g/mol. The quantitative estimate of drug-likeness (QED) is 0.286. The van der Waals surface area contributed by atoms with E-state index in [2.05, 4.69) is 0 Å². The predicted molar refractivity (Wildman–Crippen MR) is 40.7 cm³/mol. The first-order chi connectivity index (χ1) is 0. The molecule has 0 bridgehead atoms. The Morgan fingerprint density at radius 3 is 0.364 bits per heavy atom. The topological polar surface area (TPSA) is 280 Å². The van der Waals surface area contributed by atoms with Gasteiger partial charge in [0, 0.05) is 0 Å². The molecule has 11 heavy (non-hydrogen) atoms. The molecule has 1 atom stereocenters. The van der Waals surface area contributed by atoms with E-state index in [4.69, 9.17) is 0 Å². The average Bonchev–Trinajstić information content (AvgIpc) is 0. The summed E-state index contributed by atoms with van der Waals surface area (Å²) in [6, 6.07) is 0. The van der Waals surface area contributed by atoms with Crippen molar-refractivity contribution in [3.05, 3.63) is 0 Å². The minimum atomic E-state index is 0. The minimum Gasteiger partial charge on any atom is -2.00 e. The van der Waals surface area contributed by atoms with E-state index in [-0.39, 0.29) is 76.3 Å². The van der Waals surface area contributed by atoms with Crippen LogP contribution in [0, 0.1) is 0 Å². The van der Waals surface area contributed by atoms with Gasteiger partial charge in [0.05, 0.1) is 0 Å². The minimum absolute atomic E-state index is 0. The molecule has 0 aliphatic rings. The molecule has 0 amide bonds. The van der Waals surface area contributed by atoms with Gasteiger partial charge in [0.25, 0.3) is 0 Å². The molecule has 11 heteroatoms. The molecule has 0 rings (SSSR count). The van der Waals surface area contributed by atoms with E-state index in [0.717, 1.165) is 0 Å².